The lowest BCUT2D eigenvalue weighted by atomic mass is 10.2. The molecule has 0 saturated heterocycles. The van der Waals surface area contributed by atoms with Crippen molar-refractivity contribution in [2.45, 2.75) is 0 Å². The van der Waals surface area contributed by atoms with E-state index in [-0.39, 0.29) is 27.1 Å². The standard InChI is InChI=1S/C13H10Cl2FN3OS/c14-8-2-1-3-9(15)12(8)18-13(20)19(21)11-6-7(16)4-5-10(11)17/h1-6,21H,17H2,(H,18,20). The largest absolute Gasteiger partial charge is 0.397 e. The predicted octanol–water partition coefficient (Wildman–Crippen LogP) is 4.60. The van der Waals surface area contributed by atoms with Crippen molar-refractivity contribution in [3.8, 4) is 0 Å². The van der Waals surface area contributed by atoms with E-state index < -0.39 is 11.8 Å². The highest BCUT2D eigenvalue weighted by Gasteiger charge is 2.18. The molecular weight excluding hydrogens is 336 g/mol. The third-order valence-corrected chi connectivity index (χ3v) is 3.63. The molecule has 0 fully saturated rings. The highest BCUT2D eigenvalue weighted by atomic mass is 35.5. The van der Waals surface area contributed by atoms with Gasteiger partial charge < -0.3 is 11.1 Å². The summed E-state index contributed by atoms with van der Waals surface area (Å²) in [7, 11) is 0. The van der Waals surface area contributed by atoms with Crippen molar-refractivity contribution in [2.75, 3.05) is 15.4 Å². The van der Waals surface area contributed by atoms with Crippen LogP contribution in [0.4, 0.5) is 26.2 Å². The normalized spacial score (nSPS) is 10.3. The molecule has 2 aromatic carbocycles. The molecule has 0 aliphatic rings. The average molecular weight is 346 g/mol. The van der Waals surface area contributed by atoms with E-state index >= 15 is 0 Å². The number of nitrogens with zero attached hydrogens (tertiary/aromatic N) is 1. The number of carbonyl (C=O) groups is 1. The Hall–Kier alpha value is -1.63. The van der Waals surface area contributed by atoms with Gasteiger partial charge in [0.2, 0.25) is 0 Å². The molecule has 0 radical (unpaired) electrons. The molecule has 0 heterocycles. The van der Waals surface area contributed by atoms with Gasteiger partial charge in [-0.2, -0.15) is 0 Å². The van der Waals surface area contributed by atoms with Gasteiger partial charge in [0, 0.05) is 6.07 Å². The second-order valence-electron chi connectivity index (χ2n) is 4.04. The molecule has 0 aliphatic heterocycles. The summed E-state index contributed by atoms with van der Waals surface area (Å²) < 4.78 is 14.1. The van der Waals surface area contributed by atoms with Crippen LogP contribution in [0.1, 0.15) is 0 Å². The molecule has 0 spiro atoms. The highest BCUT2D eigenvalue weighted by molar-refractivity contribution is 7.82. The van der Waals surface area contributed by atoms with Crippen molar-refractivity contribution in [1.29, 1.82) is 0 Å². The van der Waals surface area contributed by atoms with Gasteiger partial charge in [-0.25, -0.2) is 13.5 Å². The van der Waals surface area contributed by atoms with Gasteiger partial charge in [0.05, 0.1) is 27.1 Å². The Morgan fingerprint density at radius 1 is 1.24 bits per heavy atom. The van der Waals surface area contributed by atoms with Crippen LogP contribution in [-0.2, 0) is 0 Å². The lowest BCUT2D eigenvalue weighted by Crippen LogP contribution is -2.27. The molecule has 2 rings (SSSR count). The van der Waals surface area contributed by atoms with E-state index in [1.807, 2.05) is 0 Å². The third-order valence-electron chi connectivity index (χ3n) is 2.61. The first-order valence-corrected chi connectivity index (χ1v) is 6.84. The van der Waals surface area contributed by atoms with Gasteiger partial charge in [0.1, 0.15) is 5.82 Å². The first kappa shape index (κ1) is 15.8. The molecule has 2 amide bonds. The van der Waals surface area contributed by atoms with Gasteiger partial charge in [0.15, 0.2) is 0 Å². The quantitative estimate of drug-likeness (QED) is 0.550. The summed E-state index contributed by atoms with van der Waals surface area (Å²) in [6.07, 6.45) is 0. The summed E-state index contributed by atoms with van der Waals surface area (Å²) in [6.45, 7) is 0. The smallest absolute Gasteiger partial charge is 0.336 e. The first-order valence-electron chi connectivity index (χ1n) is 5.69. The van der Waals surface area contributed by atoms with Gasteiger partial charge in [-0.1, -0.05) is 42.1 Å². The van der Waals surface area contributed by atoms with Gasteiger partial charge in [-0.05, 0) is 24.3 Å². The minimum Gasteiger partial charge on any atom is -0.397 e. The molecule has 4 nitrogen and oxygen atoms in total. The van der Waals surface area contributed by atoms with Crippen LogP contribution in [0.25, 0.3) is 0 Å². The second kappa shape index (κ2) is 6.43. The van der Waals surface area contributed by atoms with Gasteiger partial charge in [-0.3, -0.25) is 0 Å². The Balaban J connectivity index is 2.26. The number of nitrogen functional groups attached to an aromatic ring is 1. The summed E-state index contributed by atoms with van der Waals surface area (Å²) in [4.78, 5) is 12.1. The monoisotopic (exact) mass is 345 g/mol. The molecule has 3 N–H and O–H groups in total. The molecule has 0 saturated carbocycles. The van der Waals surface area contributed by atoms with Crippen LogP contribution in [-0.4, -0.2) is 6.03 Å². The van der Waals surface area contributed by atoms with Crippen LogP contribution in [0.2, 0.25) is 10.0 Å². The van der Waals surface area contributed by atoms with Crippen molar-refractivity contribution in [3.05, 3.63) is 52.3 Å². The summed E-state index contributed by atoms with van der Waals surface area (Å²) in [6, 6.07) is 7.72. The zero-order valence-electron chi connectivity index (χ0n) is 10.5. The average Bonchev–Trinajstić information content (AvgIpc) is 2.44. The number of hydrogen-bond acceptors (Lipinski definition) is 3. The van der Waals surface area contributed by atoms with Crippen LogP contribution in [0, 0.1) is 5.82 Å². The Morgan fingerprint density at radius 3 is 2.48 bits per heavy atom. The van der Waals surface area contributed by atoms with E-state index in [0.717, 1.165) is 10.4 Å². The molecule has 0 aromatic heterocycles. The Labute approximate surface area is 136 Å². The Bertz CT molecular complexity index is 679. The summed E-state index contributed by atoms with van der Waals surface area (Å²) in [5.41, 5.74) is 6.24. The van der Waals surface area contributed by atoms with Crippen LogP contribution < -0.4 is 15.4 Å². The molecule has 0 unspecified atom stereocenters. The predicted molar refractivity (Wildman–Crippen MR) is 87.8 cm³/mol. The SMILES string of the molecule is Nc1ccc(F)cc1N(S)C(=O)Nc1c(Cl)cccc1Cl. The van der Waals surface area contributed by atoms with E-state index in [1.165, 1.54) is 12.1 Å². The van der Waals surface area contributed by atoms with E-state index in [2.05, 4.69) is 18.1 Å². The van der Waals surface area contributed by atoms with E-state index in [9.17, 15) is 9.18 Å². The minimum absolute atomic E-state index is 0.110. The number of amides is 2. The van der Waals surface area contributed by atoms with E-state index in [1.54, 1.807) is 18.2 Å². The first-order chi connectivity index (χ1) is 9.90. The van der Waals surface area contributed by atoms with Crippen molar-refractivity contribution < 1.29 is 9.18 Å². The lowest BCUT2D eigenvalue weighted by Gasteiger charge is -2.19. The molecular formula is C13H10Cl2FN3OS. The molecule has 0 aliphatic carbocycles. The Morgan fingerprint density at radius 2 is 1.86 bits per heavy atom. The summed E-state index contributed by atoms with van der Waals surface area (Å²) in [5.74, 6) is -0.540. The Kier molecular flexibility index (Phi) is 4.82. The maximum Gasteiger partial charge on any atom is 0.336 e. The van der Waals surface area contributed by atoms with Crippen molar-refractivity contribution in [2.24, 2.45) is 0 Å². The maximum atomic E-state index is 13.2. The number of anilines is 3. The van der Waals surface area contributed by atoms with E-state index in [4.69, 9.17) is 28.9 Å². The van der Waals surface area contributed by atoms with Crippen LogP contribution in [0.3, 0.4) is 0 Å². The molecule has 8 heteroatoms. The molecule has 0 bridgehead atoms. The minimum atomic E-state index is -0.675. The van der Waals surface area contributed by atoms with Crippen LogP contribution >= 0.6 is 36.0 Å². The third kappa shape index (κ3) is 3.53. The van der Waals surface area contributed by atoms with Gasteiger partial charge in [-0.15, -0.1) is 0 Å². The van der Waals surface area contributed by atoms with Crippen molar-refractivity contribution in [1.82, 2.24) is 0 Å². The number of nitrogens with one attached hydrogen (secondary N) is 1. The zero-order chi connectivity index (χ0) is 15.6. The highest BCUT2D eigenvalue weighted by Crippen LogP contribution is 2.31. The molecule has 2 aromatic rings. The fraction of sp³-hybridized carbons (Fsp3) is 0. The molecule has 110 valence electrons. The zero-order valence-corrected chi connectivity index (χ0v) is 12.9. The topological polar surface area (TPSA) is 58.4 Å². The number of para-hydroxylation sites is 1. The van der Waals surface area contributed by atoms with Crippen LogP contribution in [0.15, 0.2) is 36.4 Å². The number of benzene rings is 2. The number of rotatable bonds is 2. The maximum absolute atomic E-state index is 13.2. The summed E-state index contributed by atoms with van der Waals surface area (Å²) >= 11 is 15.9. The summed E-state index contributed by atoms with van der Waals surface area (Å²) in [5, 5.41) is 3.03. The number of thiol groups is 1. The van der Waals surface area contributed by atoms with Crippen molar-refractivity contribution in [3.63, 3.8) is 0 Å². The second-order valence-corrected chi connectivity index (χ2v) is 5.26. The van der Waals surface area contributed by atoms with Crippen molar-refractivity contribution >= 4 is 59.1 Å². The van der Waals surface area contributed by atoms with Gasteiger partial charge in [0.25, 0.3) is 0 Å². The lowest BCUT2D eigenvalue weighted by molar-refractivity contribution is 0.260. The fourth-order valence-corrected chi connectivity index (χ4v) is 2.30. The number of nitrogens with two attached hydrogens (primary N) is 1. The fourth-order valence-electron chi connectivity index (χ4n) is 1.59. The van der Waals surface area contributed by atoms with Gasteiger partial charge >= 0.3 is 6.03 Å². The number of urea groups is 1. The van der Waals surface area contributed by atoms with E-state index in [0.29, 0.717) is 0 Å². The number of halogens is 3. The molecule has 0 atom stereocenters. The van der Waals surface area contributed by atoms with Crippen LogP contribution in [0.5, 0.6) is 0 Å². The molecule has 21 heavy (non-hydrogen) atoms. The number of carbonyl (C=O) groups excluding carboxylic acids is 1. The number of hydrogen-bond donors (Lipinski definition) is 3.